The Bertz CT molecular complexity index is 861. The van der Waals surface area contributed by atoms with Gasteiger partial charge in [0, 0.05) is 18.1 Å². The van der Waals surface area contributed by atoms with Gasteiger partial charge in [-0.25, -0.2) is 4.79 Å². The van der Waals surface area contributed by atoms with Crippen molar-refractivity contribution in [2.45, 2.75) is 13.0 Å². The lowest BCUT2D eigenvalue weighted by Gasteiger charge is -2.27. The second kappa shape index (κ2) is 5.69. The fourth-order valence-corrected chi connectivity index (χ4v) is 2.57. The Morgan fingerprint density at radius 2 is 1.71 bits per heavy atom. The Morgan fingerprint density at radius 1 is 1.08 bits per heavy atom. The molecule has 0 spiro atoms. The molecule has 7 nitrogen and oxygen atoms in total. The second-order valence-electron chi connectivity index (χ2n) is 5.23. The van der Waals surface area contributed by atoms with Crippen molar-refractivity contribution in [2.24, 2.45) is 0 Å². The maximum atomic E-state index is 12.2. The first-order valence-corrected chi connectivity index (χ1v) is 7.34. The Balaban J connectivity index is 1.63. The van der Waals surface area contributed by atoms with E-state index in [0.717, 1.165) is 11.1 Å². The van der Waals surface area contributed by atoms with E-state index in [0.29, 0.717) is 17.4 Å². The van der Waals surface area contributed by atoms with E-state index in [4.69, 9.17) is 14.0 Å². The van der Waals surface area contributed by atoms with E-state index in [1.54, 1.807) is 6.92 Å². The molecule has 0 atom stereocenters. The molecule has 7 heteroatoms. The highest BCUT2D eigenvalue weighted by Crippen LogP contribution is 2.44. The number of hydrogen-bond donors (Lipinski definition) is 1. The molecule has 1 amide bonds. The third-order valence-electron chi connectivity index (χ3n) is 3.59. The molecule has 0 bridgehead atoms. The van der Waals surface area contributed by atoms with Crippen LogP contribution >= 0.6 is 0 Å². The van der Waals surface area contributed by atoms with Gasteiger partial charge < -0.3 is 14.0 Å². The molecular formula is C17H13N3O4. The number of carbonyl (C=O) groups excluding carboxylic acids is 1. The van der Waals surface area contributed by atoms with E-state index in [2.05, 4.69) is 15.5 Å². The maximum absolute atomic E-state index is 12.2. The van der Waals surface area contributed by atoms with Gasteiger partial charge in [0.1, 0.15) is 11.5 Å². The average molecular weight is 323 g/mol. The number of anilines is 1. The van der Waals surface area contributed by atoms with Crippen molar-refractivity contribution < 1.29 is 18.8 Å². The number of rotatable bonds is 2. The van der Waals surface area contributed by atoms with Crippen LogP contribution in [-0.2, 0) is 4.74 Å². The number of para-hydroxylation sites is 2. The molecule has 1 aliphatic rings. The molecule has 1 aromatic heterocycles. The lowest BCUT2D eigenvalue weighted by Crippen LogP contribution is -2.21. The molecule has 0 fully saturated rings. The minimum atomic E-state index is -0.674. The number of hydrogen-bond acceptors (Lipinski definition) is 6. The zero-order valence-electron chi connectivity index (χ0n) is 12.7. The van der Waals surface area contributed by atoms with E-state index in [9.17, 15) is 4.79 Å². The molecule has 120 valence electrons. The number of carbonyl (C=O) groups is 1. The highest BCUT2D eigenvalue weighted by molar-refractivity contribution is 5.82. The fourth-order valence-electron chi connectivity index (χ4n) is 2.57. The summed E-state index contributed by atoms with van der Waals surface area (Å²) in [4.78, 5) is 16.1. The van der Waals surface area contributed by atoms with Crippen molar-refractivity contribution in [1.82, 2.24) is 10.1 Å². The lowest BCUT2D eigenvalue weighted by molar-refractivity contribution is 0.125. The van der Waals surface area contributed by atoms with Gasteiger partial charge in [0.05, 0.1) is 0 Å². The van der Waals surface area contributed by atoms with Gasteiger partial charge in [-0.2, -0.15) is 4.98 Å². The number of aromatic nitrogens is 2. The van der Waals surface area contributed by atoms with E-state index in [-0.39, 0.29) is 5.95 Å². The molecule has 0 saturated heterocycles. The average Bonchev–Trinajstić information content (AvgIpc) is 2.99. The van der Waals surface area contributed by atoms with Crippen LogP contribution in [0.25, 0.3) is 0 Å². The van der Waals surface area contributed by atoms with Crippen molar-refractivity contribution in [3.63, 3.8) is 0 Å². The molecule has 3 aromatic rings. The molecular weight excluding hydrogens is 310 g/mol. The van der Waals surface area contributed by atoms with Gasteiger partial charge in [0.15, 0.2) is 6.10 Å². The number of ether oxygens (including phenoxy) is 2. The molecule has 0 unspecified atom stereocenters. The fraction of sp³-hybridized carbons (Fsp3) is 0.118. The van der Waals surface area contributed by atoms with Crippen molar-refractivity contribution in [3.05, 3.63) is 65.5 Å². The third kappa shape index (κ3) is 2.56. The predicted molar refractivity (Wildman–Crippen MR) is 83.9 cm³/mol. The summed E-state index contributed by atoms with van der Waals surface area (Å²) in [6.45, 7) is 1.63. The van der Waals surface area contributed by atoms with Crippen molar-refractivity contribution in [1.29, 1.82) is 0 Å². The molecule has 2 heterocycles. The van der Waals surface area contributed by atoms with Crippen LogP contribution in [0.1, 0.15) is 23.1 Å². The zero-order chi connectivity index (χ0) is 16.5. The first kappa shape index (κ1) is 14.3. The monoisotopic (exact) mass is 323 g/mol. The molecule has 0 radical (unpaired) electrons. The maximum Gasteiger partial charge on any atom is 0.415 e. The minimum absolute atomic E-state index is 0.0612. The molecule has 2 aromatic carbocycles. The highest BCUT2D eigenvalue weighted by atomic mass is 16.6. The molecule has 0 saturated carbocycles. The van der Waals surface area contributed by atoms with Gasteiger partial charge >= 0.3 is 6.09 Å². The summed E-state index contributed by atoms with van der Waals surface area (Å²) < 4.78 is 16.3. The van der Waals surface area contributed by atoms with Crippen LogP contribution < -0.4 is 10.1 Å². The van der Waals surface area contributed by atoms with Crippen LogP contribution in [0.3, 0.4) is 0 Å². The summed E-state index contributed by atoms with van der Waals surface area (Å²) in [6.07, 6.45) is -1.26. The van der Waals surface area contributed by atoms with E-state index < -0.39 is 12.2 Å². The quantitative estimate of drug-likeness (QED) is 0.771. The Morgan fingerprint density at radius 3 is 2.29 bits per heavy atom. The largest absolute Gasteiger partial charge is 0.456 e. The van der Waals surface area contributed by atoms with E-state index >= 15 is 0 Å². The number of aryl methyl sites for hydroxylation is 1. The summed E-state index contributed by atoms with van der Waals surface area (Å²) in [5.41, 5.74) is 1.55. The van der Waals surface area contributed by atoms with Crippen LogP contribution in [0.4, 0.5) is 10.7 Å². The van der Waals surface area contributed by atoms with Crippen molar-refractivity contribution in [2.75, 3.05) is 5.32 Å². The van der Waals surface area contributed by atoms with Crippen molar-refractivity contribution in [3.8, 4) is 11.5 Å². The standard InChI is InChI=1S/C17H13N3O4/c1-10-18-16(20-24-10)19-17(21)23-15-11-6-2-4-8-13(11)22-14-9-5-3-7-12(14)15/h2-9,15H,1H3,(H,19,20,21). The van der Waals surface area contributed by atoms with Crippen LogP contribution in [0.5, 0.6) is 11.5 Å². The summed E-state index contributed by atoms with van der Waals surface area (Å²) in [5, 5.41) is 6.07. The number of nitrogens with one attached hydrogen (secondary N) is 1. The van der Waals surface area contributed by atoms with E-state index in [1.165, 1.54) is 0 Å². The topological polar surface area (TPSA) is 86.5 Å². The predicted octanol–water partition coefficient (Wildman–Crippen LogP) is 3.82. The summed E-state index contributed by atoms with van der Waals surface area (Å²) >= 11 is 0. The summed E-state index contributed by atoms with van der Waals surface area (Å²) in [7, 11) is 0. The Hall–Kier alpha value is -3.35. The Kier molecular flexibility index (Phi) is 3.38. The first-order chi connectivity index (χ1) is 11.7. The normalized spacial score (nSPS) is 12.7. The second-order valence-corrected chi connectivity index (χ2v) is 5.23. The van der Waals surface area contributed by atoms with Gasteiger partial charge in [-0.15, -0.1) is 0 Å². The minimum Gasteiger partial charge on any atom is -0.456 e. The van der Waals surface area contributed by atoms with Crippen LogP contribution in [0.15, 0.2) is 53.1 Å². The number of nitrogens with zero attached hydrogens (tertiary/aromatic N) is 2. The highest BCUT2D eigenvalue weighted by Gasteiger charge is 2.30. The van der Waals surface area contributed by atoms with Gasteiger partial charge in [0.2, 0.25) is 5.89 Å². The van der Waals surface area contributed by atoms with Gasteiger partial charge in [-0.1, -0.05) is 36.4 Å². The number of fused-ring (bicyclic) bond motifs is 2. The smallest absolute Gasteiger partial charge is 0.415 e. The Labute approximate surface area is 137 Å². The number of benzene rings is 2. The third-order valence-corrected chi connectivity index (χ3v) is 3.59. The molecule has 0 aliphatic carbocycles. The van der Waals surface area contributed by atoms with Gasteiger partial charge in [0.25, 0.3) is 5.95 Å². The SMILES string of the molecule is Cc1nc(NC(=O)OC2c3ccccc3Oc3ccccc32)no1. The van der Waals surface area contributed by atoms with Crippen LogP contribution in [0.2, 0.25) is 0 Å². The number of amides is 1. The zero-order valence-corrected chi connectivity index (χ0v) is 12.7. The molecule has 1 aliphatic heterocycles. The van der Waals surface area contributed by atoms with Crippen LogP contribution in [0, 0.1) is 6.92 Å². The van der Waals surface area contributed by atoms with Gasteiger partial charge in [-0.3, -0.25) is 5.32 Å². The van der Waals surface area contributed by atoms with E-state index in [1.807, 2.05) is 48.5 Å². The van der Waals surface area contributed by atoms with Crippen molar-refractivity contribution >= 4 is 12.0 Å². The first-order valence-electron chi connectivity index (χ1n) is 7.34. The molecule has 24 heavy (non-hydrogen) atoms. The lowest BCUT2D eigenvalue weighted by atomic mass is 9.97. The summed E-state index contributed by atoms with van der Waals surface area (Å²) in [5.74, 6) is 1.73. The molecule has 1 N–H and O–H groups in total. The summed E-state index contributed by atoms with van der Waals surface area (Å²) in [6, 6.07) is 14.9. The van der Waals surface area contributed by atoms with Gasteiger partial charge in [-0.05, 0) is 17.3 Å². The molecule has 4 rings (SSSR count). The van der Waals surface area contributed by atoms with Crippen LogP contribution in [-0.4, -0.2) is 16.2 Å².